The summed E-state index contributed by atoms with van der Waals surface area (Å²) in [4.78, 5) is 22.8. The summed E-state index contributed by atoms with van der Waals surface area (Å²) in [5.74, 6) is 0. The van der Waals surface area contributed by atoms with Gasteiger partial charge in [0, 0.05) is 17.6 Å². The molecule has 1 aliphatic heterocycles. The van der Waals surface area contributed by atoms with Crippen LogP contribution in [0.3, 0.4) is 0 Å². The van der Waals surface area contributed by atoms with Gasteiger partial charge in [-0.1, -0.05) is 0 Å². The molecule has 0 bridgehead atoms. The van der Waals surface area contributed by atoms with Crippen LogP contribution in [0.5, 0.6) is 0 Å². The van der Waals surface area contributed by atoms with E-state index in [4.69, 9.17) is 16.7 Å². The van der Waals surface area contributed by atoms with Gasteiger partial charge in [0.15, 0.2) is 0 Å². The molecule has 104 valence electrons. The van der Waals surface area contributed by atoms with Gasteiger partial charge in [0.2, 0.25) is 5.28 Å². The standard InChI is InChI=1S/C12H9BrClN3O2S/c13-7-4-15-11(14)16-10(7)9-3-6-5-17(12(18)19)2-1-8(6)20-9/h3-4H,1-2,5H2,(H,18,19). The molecule has 0 radical (unpaired) electrons. The van der Waals surface area contributed by atoms with E-state index in [9.17, 15) is 4.79 Å². The minimum atomic E-state index is -0.880. The fourth-order valence-corrected chi connectivity index (χ4v) is 3.97. The highest BCUT2D eigenvalue weighted by Gasteiger charge is 2.23. The predicted molar refractivity (Wildman–Crippen MR) is 80.2 cm³/mol. The molecular formula is C12H9BrClN3O2S. The lowest BCUT2D eigenvalue weighted by Crippen LogP contribution is -2.33. The van der Waals surface area contributed by atoms with Gasteiger partial charge in [-0.2, -0.15) is 0 Å². The molecule has 0 unspecified atom stereocenters. The molecular weight excluding hydrogens is 366 g/mol. The molecule has 0 atom stereocenters. The molecule has 1 aliphatic rings. The molecule has 2 aromatic rings. The monoisotopic (exact) mass is 373 g/mol. The lowest BCUT2D eigenvalue weighted by atomic mass is 10.1. The molecule has 0 fully saturated rings. The van der Waals surface area contributed by atoms with E-state index >= 15 is 0 Å². The van der Waals surface area contributed by atoms with Gasteiger partial charge in [0.25, 0.3) is 0 Å². The Hall–Kier alpha value is -1.18. The topological polar surface area (TPSA) is 66.3 Å². The molecule has 3 heterocycles. The molecule has 3 rings (SSSR count). The van der Waals surface area contributed by atoms with Crippen LogP contribution in [0.15, 0.2) is 16.7 Å². The predicted octanol–water partition coefficient (Wildman–Crippen LogP) is 3.66. The van der Waals surface area contributed by atoms with E-state index < -0.39 is 6.09 Å². The Balaban J connectivity index is 1.98. The normalized spacial score (nSPS) is 14.2. The Labute approximate surface area is 132 Å². The maximum atomic E-state index is 11.0. The van der Waals surface area contributed by atoms with Crippen LogP contribution >= 0.6 is 38.9 Å². The van der Waals surface area contributed by atoms with Crippen molar-refractivity contribution in [3.63, 3.8) is 0 Å². The number of aromatic nitrogens is 2. The highest BCUT2D eigenvalue weighted by atomic mass is 79.9. The second kappa shape index (κ2) is 5.31. The first-order chi connectivity index (χ1) is 9.54. The number of carboxylic acid groups (broad SMARTS) is 1. The Morgan fingerprint density at radius 3 is 3.10 bits per heavy atom. The quantitative estimate of drug-likeness (QED) is 0.774. The highest BCUT2D eigenvalue weighted by Crippen LogP contribution is 2.37. The Morgan fingerprint density at radius 2 is 2.35 bits per heavy atom. The summed E-state index contributed by atoms with van der Waals surface area (Å²) in [6.07, 6.45) is 1.48. The smallest absolute Gasteiger partial charge is 0.407 e. The molecule has 0 aromatic carbocycles. The van der Waals surface area contributed by atoms with E-state index in [1.54, 1.807) is 17.5 Å². The number of rotatable bonds is 1. The maximum absolute atomic E-state index is 11.0. The summed E-state index contributed by atoms with van der Waals surface area (Å²) in [5.41, 5.74) is 1.78. The second-order valence-corrected chi connectivity index (χ2v) is 6.68. The van der Waals surface area contributed by atoms with Crippen molar-refractivity contribution in [3.05, 3.63) is 32.5 Å². The Bertz CT molecular complexity index is 691. The molecule has 1 N–H and O–H groups in total. The van der Waals surface area contributed by atoms with Crippen LogP contribution in [0.2, 0.25) is 5.28 Å². The van der Waals surface area contributed by atoms with Gasteiger partial charge in [-0.15, -0.1) is 11.3 Å². The minimum Gasteiger partial charge on any atom is -0.465 e. The average Bonchev–Trinajstić information content (AvgIpc) is 2.83. The largest absolute Gasteiger partial charge is 0.465 e. The van der Waals surface area contributed by atoms with Gasteiger partial charge in [-0.25, -0.2) is 14.8 Å². The number of halogens is 2. The fraction of sp³-hybridized carbons (Fsp3) is 0.250. The summed E-state index contributed by atoms with van der Waals surface area (Å²) < 4.78 is 0.774. The third kappa shape index (κ3) is 2.53. The number of amides is 1. The molecule has 8 heteroatoms. The van der Waals surface area contributed by atoms with Crippen molar-refractivity contribution >= 4 is 45.0 Å². The Kier molecular flexibility index (Phi) is 3.66. The van der Waals surface area contributed by atoms with E-state index in [2.05, 4.69) is 25.9 Å². The molecule has 0 saturated heterocycles. The van der Waals surface area contributed by atoms with Gasteiger partial charge in [-0.05, 0) is 45.6 Å². The van der Waals surface area contributed by atoms with Gasteiger partial charge in [0.05, 0.1) is 21.6 Å². The van der Waals surface area contributed by atoms with E-state index in [1.807, 2.05) is 6.07 Å². The third-order valence-electron chi connectivity index (χ3n) is 3.09. The van der Waals surface area contributed by atoms with E-state index in [0.29, 0.717) is 13.1 Å². The van der Waals surface area contributed by atoms with Crippen molar-refractivity contribution in [2.24, 2.45) is 0 Å². The van der Waals surface area contributed by atoms with Crippen LogP contribution in [0.1, 0.15) is 10.4 Å². The van der Waals surface area contributed by atoms with Crippen molar-refractivity contribution < 1.29 is 9.90 Å². The highest BCUT2D eigenvalue weighted by molar-refractivity contribution is 9.10. The number of hydrogen-bond acceptors (Lipinski definition) is 4. The van der Waals surface area contributed by atoms with Gasteiger partial charge in [0.1, 0.15) is 0 Å². The first-order valence-electron chi connectivity index (χ1n) is 5.82. The average molecular weight is 375 g/mol. The van der Waals surface area contributed by atoms with Crippen molar-refractivity contribution in [2.75, 3.05) is 6.54 Å². The molecule has 5 nitrogen and oxygen atoms in total. The van der Waals surface area contributed by atoms with Gasteiger partial charge in [-0.3, -0.25) is 0 Å². The van der Waals surface area contributed by atoms with E-state index in [-0.39, 0.29) is 5.28 Å². The number of hydrogen-bond donors (Lipinski definition) is 1. The molecule has 0 aliphatic carbocycles. The molecule has 0 spiro atoms. The molecule has 0 saturated carbocycles. The summed E-state index contributed by atoms with van der Waals surface area (Å²) >= 11 is 10.9. The van der Waals surface area contributed by atoms with Crippen molar-refractivity contribution in [3.8, 4) is 10.6 Å². The van der Waals surface area contributed by atoms with Crippen LogP contribution in [0, 0.1) is 0 Å². The zero-order chi connectivity index (χ0) is 14.3. The SMILES string of the molecule is O=C(O)N1CCc2sc(-c3nc(Cl)ncc3Br)cc2C1. The zero-order valence-electron chi connectivity index (χ0n) is 10.1. The summed E-state index contributed by atoms with van der Waals surface area (Å²) in [6, 6.07) is 1.98. The summed E-state index contributed by atoms with van der Waals surface area (Å²) in [7, 11) is 0. The Morgan fingerprint density at radius 1 is 1.55 bits per heavy atom. The van der Waals surface area contributed by atoms with Crippen molar-refractivity contribution in [2.45, 2.75) is 13.0 Å². The van der Waals surface area contributed by atoms with Crippen LogP contribution in [-0.2, 0) is 13.0 Å². The number of carbonyl (C=O) groups is 1. The first kappa shape index (κ1) is 13.8. The molecule has 20 heavy (non-hydrogen) atoms. The third-order valence-corrected chi connectivity index (χ3v) is 5.09. The maximum Gasteiger partial charge on any atom is 0.407 e. The van der Waals surface area contributed by atoms with E-state index in [1.165, 1.54) is 9.78 Å². The van der Waals surface area contributed by atoms with Crippen LogP contribution in [0.4, 0.5) is 4.79 Å². The van der Waals surface area contributed by atoms with Crippen LogP contribution in [0.25, 0.3) is 10.6 Å². The molecule has 2 aromatic heterocycles. The van der Waals surface area contributed by atoms with E-state index in [0.717, 1.165) is 27.0 Å². The van der Waals surface area contributed by atoms with Crippen LogP contribution in [-0.4, -0.2) is 32.6 Å². The number of fused-ring (bicyclic) bond motifs is 1. The van der Waals surface area contributed by atoms with Gasteiger partial charge < -0.3 is 10.0 Å². The summed E-state index contributed by atoms with van der Waals surface area (Å²) in [6.45, 7) is 0.964. The number of nitrogens with zero attached hydrogens (tertiary/aromatic N) is 3. The fourth-order valence-electron chi connectivity index (χ4n) is 2.13. The van der Waals surface area contributed by atoms with Crippen molar-refractivity contribution in [1.82, 2.24) is 14.9 Å². The number of thiophene rings is 1. The zero-order valence-corrected chi connectivity index (χ0v) is 13.3. The lowest BCUT2D eigenvalue weighted by Gasteiger charge is -2.23. The first-order valence-corrected chi connectivity index (χ1v) is 7.81. The van der Waals surface area contributed by atoms with Crippen LogP contribution < -0.4 is 0 Å². The second-order valence-electron chi connectivity index (χ2n) is 4.35. The molecule has 1 amide bonds. The van der Waals surface area contributed by atoms with Crippen molar-refractivity contribution in [1.29, 1.82) is 0 Å². The van der Waals surface area contributed by atoms with Gasteiger partial charge >= 0.3 is 6.09 Å². The minimum absolute atomic E-state index is 0.196. The lowest BCUT2D eigenvalue weighted by molar-refractivity contribution is 0.140. The summed E-state index contributed by atoms with van der Waals surface area (Å²) in [5, 5.41) is 9.25.